The van der Waals surface area contributed by atoms with Crippen molar-refractivity contribution in [3.8, 4) is 0 Å². The van der Waals surface area contributed by atoms with Crippen LogP contribution in [-0.2, 0) is 19.6 Å². The van der Waals surface area contributed by atoms with Crippen molar-refractivity contribution in [3.63, 3.8) is 0 Å². The zero-order chi connectivity index (χ0) is 25.9. The van der Waals surface area contributed by atoms with Crippen LogP contribution < -0.4 is 14.5 Å². The monoisotopic (exact) mass is 509 g/mol. The van der Waals surface area contributed by atoms with Gasteiger partial charge < -0.3 is 15.0 Å². The first kappa shape index (κ1) is 25.4. The zero-order valence-electron chi connectivity index (χ0n) is 21.0. The van der Waals surface area contributed by atoms with Gasteiger partial charge in [0.25, 0.3) is 10.0 Å². The second kappa shape index (κ2) is 10.5. The van der Waals surface area contributed by atoms with E-state index in [9.17, 15) is 13.2 Å². The fourth-order valence-electron chi connectivity index (χ4n) is 4.53. The number of aryl methyl sites for hydroxylation is 3. The number of hydrogen-bond acceptors (Lipinski definition) is 8. The summed E-state index contributed by atoms with van der Waals surface area (Å²) < 4.78 is 33.4. The predicted octanol–water partition coefficient (Wildman–Crippen LogP) is 4.11. The van der Waals surface area contributed by atoms with E-state index >= 15 is 0 Å². The summed E-state index contributed by atoms with van der Waals surface area (Å²) in [6.45, 7) is 6.89. The summed E-state index contributed by atoms with van der Waals surface area (Å²) in [6, 6.07) is 12.2. The van der Waals surface area contributed by atoms with Gasteiger partial charge >= 0.3 is 5.97 Å². The maximum absolute atomic E-state index is 13.8. The lowest BCUT2D eigenvalue weighted by Crippen LogP contribution is -2.37. The van der Waals surface area contributed by atoms with Gasteiger partial charge in [0.2, 0.25) is 5.95 Å². The topological polar surface area (TPSA) is 105 Å². The average Bonchev–Trinajstić information content (AvgIpc) is 3.37. The van der Waals surface area contributed by atoms with Crippen LogP contribution in [0.25, 0.3) is 0 Å². The molecule has 36 heavy (non-hydrogen) atoms. The number of benzene rings is 2. The number of nitrogens with one attached hydrogen (secondary N) is 1. The van der Waals surface area contributed by atoms with Gasteiger partial charge in [-0.1, -0.05) is 17.7 Å². The molecule has 10 heteroatoms. The summed E-state index contributed by atoms with van der Waals surface area (Å²) in [4.78, 5) is 23.5. The van der Waals surface area contributed by atoms with Gasteiger partial charge in [0.05, 0.1) is 17.7 Å². The number of nitrogens with zero attached hydrogens (tertiary/aromatic N) is 4. The molecule has 1 fully saturated rings. The number of methoxy groups -OCH3 is 1. The SMILES string of the molecule is COC(=O)CN(c1ccc(Nc2ccnc(N3CCCC3)n2)cc1)S(=O)(=O)c1c(C)cc(C)cc1C. The van der Waals surface area contributed by atoms with E-state index in [-0.39, 0.29) is 4.90 Å². The van der Waals surface area contributed by atoms with E-state index in [2.05, 4.69) is 20.2 Å². The quantitative estimate of drug-likeness (QED) is 0.452. The highest BCUT2D eigenvalue weighted by Crippen LogP contribution is 2.30. The Morgan fingerprint density at radius 3 is 2.31 bits per heavy atom. The third-order valence-electron chi connectivity index (χ3n) is 6.11. The Kier molecular flexibility index (Phi) is 7.44. The summed E-state index contributed by atoms with van der Waals surface area (Å²) >= 11 is 0. The minimum atomic E-state index is -4.04. The van der Waals surface area contributed by atoms with Gasteiger partial charge in [-0.05, 0) is 75.1 Å². The van der Waals surface area contributed by atoms with Crippen LogP contribution in [0, 0.1) is 20.8 Å². The Bertz CT molecular complexity index is 1330. The van der Waals surface area contributed by atoms with Crippen LogP contribution in [0.15, 0.2) is 53.6 Å². The van der Waals surface area contributed by atoms with Crippen molar-refractivity contribution < 1.29 is 17.9 Å². The van der Waals surface area contributed by atoms with Crippen LogP contribution in [-0.4, -0.2) is 51.1 Å². The first-order valence-corrected chi connectivity index (χ1v) is 13.3. The van der Waals surface area contributed by atoms with Gasteiger partial charge in [-0.25, -0.2) is 13.4 Å². The average molecular weight is 510 g/mol. The third kappa shape index (κ3) is 5.43. The van der Waals surface area contributed by atoms with Crippen LogP contribution in [0.4, 0.5) is 23.1 Å². The molecule has 1 aromatic heterocycles. The maximum atomic E-state index is 13.8. The van der Waals surface area contributed by atoms with E-state index in [1.165, 1.54) is 7.11 Å². The minimum Gasteiger partial charge on any atom is -0.468 e. The number of rotatable bonds is 8. The molecule has 1 aliphatic heterocycles. The summed E-state index contributed by atoms with van der Waals surface area (Å²) in [7, 11) is -2.80. The van der Waals surface area contributed by atoms with E-state index in [0.29, 0.717) is 28.6 Å². The number of sulfonamides is 1. The summed E-state index contributed by atoms with van der Waals surface area (Å²) in [6.07, 6.45) is 3.98. The molecule has 2 heterocycles. The molecular formula is C26H31N5O4S. The first-order valence-electron chi connectivity index (χ1n) is 11.8. The van der Waals surface area contributed by atoms with Crippen molar-refractivity contribution in [3.05, 3.63) is 65.4 Å². The number of carbonyl (C=O) groups excluding carboxylic acids is 1. The molecule has 4 rings (SSSR count). The van der Waals surface area contributed by atoms with Gasteiger partial charge in [-0.3, -0.25) is 9.10 Å². The van der Waals surface area contributed by atoms with E-state index in [1.54, 1.807) is 50.4 Å². The lowest BCUT2D eigenvalue weighted by molar-refractivity contribution is -0.138. The highest BCUT2D eigenvalue weighted by molar-refractivity contribution is 7.93. The summed E-state index contributed by atoms with van der Waals surface area (Å²) in [5, 5.41) is 3.24. The van der Waals surface area contributed by atoms with Crippen molar-refractivity contribution in [2.45, 2.75) is 38.5 Å². The predicted molar refractivity (Wildman–Crippen MR) is 140 cm³/mol. The fourth-order valence-corrected chi connectivity index (χ4v) is 6.35. The number of hydrogen-bond donors (Lipinski definition) is 1. The number of carbonyl (C=O) groups is 1. The molecule has 9 nitrogen and oxygen atoms in total. The summed E-state index contributed by atoms with van der Waals surface area (Å²) in [5.41, 5.74) is 3.29. The largest absolute Gasteiger partial charge is 0.468 e. The van der Waals surface area contributed by atoms with Crippen molar-refractivity contribution in [2.24, 2.45) is 0 Å². The molecule has 1 N–H and O–H groups in total. The Balaban J connectivity index is 1.62. The molecule has 2 aromatic carbocycles. The van der Waals surface area contributed by atoms with Crippen molar-refractivity contribution in [1.82, 2.24) is 9.97 Å². The molecule has 190 valence electrons. The smallest absolute Gasteiger partial charge is 0.326 e. The van der Waals surface area contributed by atoms with E-state index in [1.807, 2.05) is 19.1 Å². The standard InChI is InChI=1S/C26H31N5O4S/c1-18-15-19(2)25(20(3)16-18)36(33,34)31(17-24(32)35-4)22-9-7-21(8-10-22)28-23-11-12-27-26(29-23)30-13-5-6-14-30/h7-12,15-16H,5-6,13-14,17H2,1-4H3,(H,27,28,29). The molecule has 0 radical (unpaired) electrons. The molecule has 0 saturated carbocycles. The normalized spacial score (nSPS) is 13.5. The molecule has 1 aliphatic rings. The lowest BCUT2D eigenvalue weighted by atomic mass is 10.1. The van der Waals surface area contributed by atoms with E-state index in [4.69, 9.17) is 4.74 Å². The Hall–Kier alpha value is -3.66. The number of esters is 1. The first-order chi connectivity index (χ1) is 17.2. The lowest BCUT2D eigenvalue weighted by Gasteiger charge is -2.25. The maximum Gasteiger partial charge on any atom is 0.326 e. The van der Waals surface area contributed by atoms with Crippen molar-refractivity contribution in [2.75, 3.05) is 41.3 Å². The Labute approximate surface area is 212 Å². The van der Waals surface area contributed by atoms with Crippen molar-refractivity contribution in [1.29, 1.82) is 0 Å². The second-order valence-corrected chi connectivity index (χ2v) is 10.7. The zero-order valence-corrected chi connectivity index (χ0v) is 21.8. The number of aromatic nitrogens is 2. The molecule has 0 aliphatic carbocycles. The van der Waals surface area contributed by atoms with Crippen LogP contribution in [0.1, 0.15) is 29.5 Å². The van der Waals surface area contributed by atoms with Crippen molar-refractivity contribution >= 4 is 39.1 Å². The molecule has 1 saturated heterocycles. The molecule has 3 aromatic rings. The molecule has 0 amide bonds. The summed E-state index contributed by atoms with van der Waals surface area (Å²) in [5.74, 6) is 0.677. The van der Waals surface area contributed by atoms with Crippen LogP contribution in [0.2, 0.25) is 0 Å². The van der Waals surface area contributed by atoms with Gasteiger partial charge in [0, 0.05) is 25.0 Å². The molecule has 0 unspecified atom stereocenters. The van der Waals surface area contributed by atoms with E-state index < -0.39 is 22.5 Å². The highest BCUT2D eigenvalue weighted by Gasteiger charge is 2.30. The van der Waals surface area contributed by atoms with Crippen LogP contribution in [0.3, 0.4) is 0 Å². The van der Waals surface area contributed by atoms with Crippen LogP contribution in [0.5, 0.6) is 0 Å². The number of anilines is 4. The molecular weight excluding hydrogens is 478 g/mol. The van der Waals surface area contributed by atoms with Crippen LogP contribution >= 0.6 is 0 Å². The Morgan fingerprint density at radius 1 is 1.06 bits per heavy atom. The third-order valence-corrected chi connectivity index (χ3v) is 8.19. The highest BCUT2D eigenvalue weighted by atomic mass is 32.2. The van der Waals surface area contributed by atoms with Gasteiger partial charge in [-0.2, -0.15) is 4.98 Å². The number of ether oxygens (including phenoxy) is 1. The second-order valence-electron chi connectivity index (χ2n) is 8.92. The van der Waals surface area contributed by atoms with E-state index in [0.717, 1.165) is 41.5 Å². The van der Waals surface area contributed by atoms with Gasteiger partial charge in [-0.15, -0.1) is 0 Å². The molecule has 0 atom stereocenters. The molecule has 0 bridgehead atoms. The van der Waals surface area contributed by atoms with Gasteiger partial charge in [0.15, 0.2) is 0 Å². The fraction of sp³-hybridized carbons (Fsp3) is 0.346. The van der Waals surface area contributed by atoms with Gasteiger partial charge in [0.1, 0.15) is 12.4 Å². The Morgan fingerprint density at radius 2 is 1.69 bits per heavy atom. The minimum absolute atomic E-state index is 0.189. The molecule has 0 spiro atoms.